The molecular formula is C22H17NO3S. The molecular weight excluding hydrogens is 358 g/mol. The minimum Gasteiger partial charge on any atom is -0.318 e. The first-order valence-electron chi connectivity index (χ1n) is 8.32. The second kappa shape index (κ2) is 8.96. The standard InChI is InChI=1S/C22H17NO3S/c1-16(24)26-23-21(17-8-4-2-5-9-17)22(25)18-12-14-20(15-13-18)27-19-10-6-3-7-11-19/h2-15H,1H3/b23-21+. The highest BCUT2D eigenvalue weighted by Gasteiger charge is 2.18. The summed E-state index contributed by atoms with van der Waals surface area (Å²) in [5.74, 6) is -0.885. The van der Waals surface area contributed by atoms with E-state index in [-0.39, 0.29) is 11.5 Å². The van der Waals surface area contributed by atoms with E-state index in [9.17, 15) is 9.59 Å². The Bertz CT molecular complexity index is 952. The number of carbonyl (C=O) groups excluding carboxylic acids is 2. The summed E-state index contributed by atoms with van der Waals surface area (Å²) < 4.78 is 0. The van der Waals surface area contributed by atoms with E-state index in [1.54, 1.807) is 48.2 Å². The van der Waals surface area contributed by atoms with Crippen molar-refractivity contribution in [2.24, 2.45) is 5.16 Å². The van der Waals surface area contributed by atoms with Crippen LogP contribution in [0.1, 0.15) is 22.8 Å². The minimum atomic E-state index is -0.578. The number of rotatable bonds is 6. The molecule has 27 heavy (non-hydrogen) atoms. The molecule has 0 spiro atoms. The maximum absolute atomic E-state index is 12.9. The fourth-order valence-corrected chi connectivity index (χ4v) is 3.20. The van der Waals surface area contributed by atoms with Gasteiger partial charge in [-0.05, 0) is 36.4 Å². The van der Waals surface area contributed by atoms with Crippen molar-refractivity contribution < 1.29 is 14.4 Å². The van der Waals surface area contributed by atoms with Crippen LogP contribution < -0.4 is 0 Å². The van der Waals surface area contributed by atoms with E-state index in [1.165, 1.54) is 6.92 Å². The zero-order valence-electron chi connectivity index (χ0n) is 14.7. The number of hydrogen-bond acceptors (Lipinski definition) is 5. The summed E-state index contributed by atoms with van der Waals surface area (Å²) in [5.41, 5.74) is 1.16. The van der Waals surface area contributed by atoms with Gasteiger partial charge in [-0.3, -0.25) is 4.79 Å². The fraction of sp³-hybridized carbons (Fsp3) is 0.0455. The third kappa shape index (κ3) is 5.15. The summed E-state index contributed by atoms with van der Waals surface area (Å²) in [4.78, 5) is 30.9. The summed E-state index contributed by atoms with van der Waals surface area (Å²) in [6.07, 6.45) is 0. The highest BCUT2D eigenvalue weighted by atomic mass is 32.2. The molecule has 0 unspecified atom stereocenters. The van der Waals surface area contributed by atoms with Gasteiger partial charge in [0.05, 0.1) is 0 Å². The van der Waals surface area contributed by atoms with Crippen molar-refractivity contribution in [3.05, 3.63) is 96.1 Å². The van der Waals surface area contributed by atoms with Crippen molar-refractivity contribution in [1.82, 2.24) is 0 Å². The molecule has 3 aromatic rings. The zero-order valence-corrected chi connectivity index (χ0v) is 15.5. The monoisotopic (exact) mass is 375 g/mol. The summed E-state index contributed by atoms with van der Waals surface area (Å²) in [7, 11) is 0. The molecule has 0 radical (unpaired) electrons. The largest absolute Gasteiger partial charge is 0.332 e. The Hall–Kier alpha value is -3.18. The number of nitrogens with zero attached hydrogens (tertiary/aromatic N) is 1. The van der Waals surface area contributed by atoms with Crippen molar-refractivity contribution in [2.75, 3.05) is 0 Å². The smallest absolute Gasteiger partial charge is 0.318 e. The van der Waals surface area contributed by atoms with Gasteiger partial charge in [-0.2, -0.15) is 0 Å². The van der Waals surface area contributed by atoms with Gasteiger partial charge >= 0.3 is 5.97 Å². The average Bonchev–Trinajstić information content (AvgIpc) is 2.70. The van der Waals surface area contributed by atoms with E-state index >= 15 is 0 Å². The van der Waals surface area contributed by atoms with Gasteiger partial charge in [0.1, 0.15) is 0 Å². The normalized spacial score (nSPS) is 11.1. The van der Waals surface area contributed by atoms with Crippen LogP contribution in [0.2, 0.25) is 0 Å². The second-order valence-electron chi connectivity index (χ2n) is 5.66. The molecule has 0 saturated carbocycles. The Morgan fingerprint density at radius 3 is 1.89 bits per heavy atom. The van der Waals surface area contributed by atoms with Gasteiger partial charge in [-0.1, -0.05) is 65.4 Å². The number of hydrogen-bond donors (Lipinski definition) is 0. The van der Waals surface area contributed by atoms with Crippen molar-refractivity contribution in [2.45, 2.75) is 16.7 Å². The molecule has 3 aromatic carbocycles. The molecule has 134 valence electrons. The van der Waals surface area contributed by atoms with Crippen LogP contribution in [-0.2, 0) is 9.63 Å². The molecule has 0 aliphatic rings. The average molecular weight is 375 g/mol. The topological polar surface area (TPSA) is 55.7 Å². The Balaban J connectivity index is 1.83. The zero-order chi connectivity index (χ0) is 19.1. The molecule has 0 amide bonds. The Labute approximate surface area is 161 Å². The maximum atomic E-state index is 12.9. The molecule has 0 atom stereocenters. The Morgan fingerprint density at radius 1 is 0.741 bits per heavy atom. The van der Waals surface area contributed by atoms with E-state index < -0.39 is 5.97 Å². The highest BCUT2D eigenvalue weighted by molar-refractivity contribution is 7.99. The first kappa shape index (κ1) is 18.6. The first-order valence-corrected chi connectivity index (χ1v) is 9.14. The van der Waals surface area contributed by atoms with Gasteiger partial charge in [-0.25, -0.2) is 4.79 Å². The third-order valence-electron chi connectivity index (χ3n) is 3.62. The number of ketones is 1. The van der Waals surface area contributed by atoms with Crippen LogP contribution in [0.4, 0.5) is 0 Å². The molecule has 0 fully saturated rings. The van der Waals surface area contributed by atoms with E-state index in [0.717, 1.165) is 9.79 Å². The van der Waals surface area contributed by atoms with E-state index in [1.807, 2.05) is 48.5 Å². The lowest BCUT2D eigenvalue weighted by atomic mass is 10.0. The Morgan fingerprint density at radius 2 is 1.30 bits per heavy atom. The molecule has 0 heterocycles. The summed E-state index contributed by atoms with van der Waals surface area (Å²) in [6.45, 7) is 1.24. The van der Waals surface area contributed by atoms with Crippen LogP contribution in [-0.4, -0.2) is 17.5 Å². The second-order valence-corrected chi connectivity index (χ2v) is 6.80. The van der Waals surface area contributed by atoms with E-state index in [4.69, 9.17) is 4.84 Å². The lowest BCUT2D eigenvalue weighted by molar-refractivity contribution is -0.140. The number of oxime groups is 1. The summed E-state index contributed by atoms with van der Waals surface area (Å²) in [5, 5.41) is 3.77. The SMILES string of the molecule is CC(=O)O/N=C(/C(=O)c1ccc(Sc2ccccc2)cc1)c1ccccc1. The molecule has 3 rings (SSSR count). The lowest BCUT2D eigenvalue weighted by Gasteiger charge is -2.07. The molecule has 4 nitrogen and oxygen atoms in total. The van der Waals surface area contributed by atoms with Crippen molar-refractivity contribution in [3.8, 4) is 0 Å². The van der Waals surface area contributed by atoms with Crippen molar-refractivity contribution >= 4 is 29.2 Å². The van der Waals surface area contributed by atoms with Crippen LogP contribution in [0, 0.1) is 0 Å². The van der Waals surface area contributed by atoms with Gasteiger partial charge in [-0.15, -0.1) is 0 Å². The predicted octanol–water partition coefficient (Wildman–Crippen LogP) is 4.99. The third-order valence-corrected chi connectivity index (χ3v) is 4.64. The number of carbonyl (C=O) groups is 2. The van der Waals surface area contributed by atoms with Crippen LogP contribution in [0.25, 0.3) is 0 Å². The van der Waals surface area contributed by atoms with Crippen LogP contribution in [0.15, 0.2) is 99.9 Å². The first-order chi connectivity index (χ1) is 13.1. The lowest BCUT2D eigenvalue weighted by Crippen LogP contribution is -2.17. The van der Waals surface area contributed by atoms with Crippen molar-refractivity contribution in [3.63, 3.8) is 0 Å². The molecule has 0 aliphatic heterocycles. The highest BCUT2D eigenvalue weighted by Crippen LogP contribution is 2.27. The summed E-state index contributed by atoms with van der Waals surface area (Å²) >= 11 is 1.62. The van der Waals surface area contributed by atoms with Crippen molar-refractivity contribution in [1.29, 1.82) is 0 Å². The quantitative estimate of drug-likeness (QED) is 0.264. The Kier molecular flexibility index (Phi) is 6.18. The van der Waals surface area contributed by atoms with Crippen LogP contribution >= 0.6 is 11.8 Å². The fourth-order valence-electron chi connectivity index (χ4n) is 2.37. The minimum absolute atomic E-state index is 0.0919. The molecule has 0 saturated heterocycles. The molecule has 0 bridgehead atoms. The number of benzene rings is 3. The van der Waals surface area contributed by atoms with Gasteiger partial charge in [0.2, 0.25) is 5.78 Å². The van der Waals surface area contributed by atoms with E-state index in [2.05, 4.69) is 5.16 Å². The van der Waals surface area contributed by atoms with Crippen LogP contribution in [0.3, 0.4) is 0 Å². The van der Waals surface area contributed by atoms with Gasteiger partial charge in [0.15, 0.2) is 5.71 Å². The molecule has 0 aliphatic carbocycles. The molecule has 0 aromatic heterocycles. The number of Topliss-reactive ketones (excluding diaryl/α,β-unsaturated/α-hetero) is 1. The van der Waals surface area contributed by atoms with Gasteiger partial charge < -0.3 is 4.84 Å². The van der Waals surface area contributed by atoms with Crippen LogP contribution in [0.5, 0.6) is 0 Å². The summed E-state index contributed by atoms with van der Waals surface area (Å²) in [6, 6.07) is 26.2. The maximum Gasteiger partial charge on any atom is 0.332 e. The van der Waals surface area contributed by atoms with E-state index in [0.29, 0.717) is 11.1 Å². The molecule has 0 N–H and O–H groups in total. The predicted molar refractivity (Wildman–Crippen MR) is 106 cm³/mol. The molecule has 5 heteroatoms. The van der Waals surface area contributed by atoms with Gasteiger partial charge in [0.25, 0.3) is 0 Å². The van der Waals surface area contributed by atoms with Gasteiger partial charge in [0, 0.05) is 27.8 Å².